The van der Waals surface area contributed by atoms with Crippen molar-refractivity contribution in [2.45, 2.75) is 26.5 Å². The van der Waals surface area contributed by atoms with E-state index >= 15 is 0 Å². The van der Waals surface area contributed by atoms with Crippen LogP contribution in [0.4, 0.5) is 0 Å². The van der Waals surface area contributed by atoms with Crippen molar-refractivity contribution in [2.75, 3.05) is 34.4 Å². The summed E-state index contributed by atoms with van der Waals surface area (Å²) < 4.78 is 16.5. The number of carbonyl (C=O) groups is 3. The number of ether oxygens (including phenoxy) is 3. The molecule has 0 radical (unpaired) electrons. The van der Waals surface area contributed by atoms with Crippen molar-refractivity contribution in [3.63, 3.8) is 0 Å². The highest BCUT2D eigenvalue weighted by Crippen LogP contribution is 2.19. The van der Waals surface area contributed by atoms with E-state index in [1.54, 1.807) is 18.1 Å². The molecule has 0 saturated heterocycles. The van der Waals surface area contributed by atoms with Crippen LogP contribution in [0.5, 0.6) is 0 Å². The van der Waals surface area contributed by atoms with Gasteiger partial charge in [0, 0.05) is 32.4 Å². The minimum absolute atomic E-state index is 0.1000. The lowest BCUT2D eigenvalue weighted by Gasteiger charge is -2.25. The van der Waals surface area contributed by atoms with Gasteiger partial charge in [0.2, 0.25) is 0 Å². The van der Waals surface area contributed by atoms with Crippen LogP contribution in [0.25, 0.3) is 0 Å². The molecule has 8 heteroatoms. The number of carbonyl (C=O) groups excluding carboxylic acids is 3. The summed E-state index contributed by atoms with van der Waals surface area (Å²) >= 11 is 0. The Labute approximate surface area is 153 Å². The van der Waals surface area contributed by atoms with Crippen LogP contribution in [0.2, 0.25) is 0 Å². The molecule has 0 aliphatic heterocycles. The predicted molar refractivity (Wildman–Crippen MR) is 94.6 cm³/mol. The molecule has 1 heterocycles. The number of likely N-dealkylation sites (N-methyl/N-ethyl adjacent to an activating group) is 1. The lowest BCUT2D eigenvalue weighted by molar-refractivity contribution is -0.140. The molecule has 0 N–H and O–H groups in total. The van der Waals surface area contributed by atoms with Crippen LogP contribution < -0.4 is 0 Å². The van der Waals surface area contributed by atoms with Crippen molar-refractivity contribution in [3.05, 3.63) is 35.3 Å². The Balaban J connectivity index is 3.09. The van der Waals surface area contributed by atoms with Gasteiger partial charge in [-0.2, -0.15) is 0 Å². The molecule has 0 aliphatic rings. The number of methoxy groups -OCH3 is 3. The zero-order valence-corrected chi connectivity index (χ0v) is 15.9. The van der Waals surface area contributed by atoms with Gasteiger partial charge < -0.3 is 23.7 Å². The summed E-state index contributed by atoms with van der Waals surface area (Å²) in [4.78, 5) is 36.6. The van der Waals surface area contributed by atoms with Crippen LogP contribution in [0.1, 0.15) is 36.1 Å². The van der Waals surface area contributed by atoms with Crippen LogP contribution in [-0.4, -0.2) is 62.1 Å². The van der Waals surface area contributed by atoms with Crippen LogP contribution in [0, 0.1) is 0 Å². The van der Waals surface area contributed by atoms with Crippen molar-refractivity contribution in [1.82, 2.24) is 9.47 Å². The van der Waals surface area contributed by atoms with Gasteiger partial charge in [-0.3, -0.25) is 4.79 Å². The van der Waals surface area contributed by atoms with E-state index in [0.29, 0.717) is 25.3 Å². The van der Waals surface area contributed by atoms with Gasteiger partial charge in [0.15, 0.2) is 6.29 Å². The number of hydrogen-bond acceptors (Lipinski definition) is 7. The Morgan fingerprint density at radius 3 is 2.42 bits per heavy atom. The standard InChI is InChI=1S/C18H26N2O6/c1-6-19(16(18(23)26-5)11-17(22)25-4)9-10-20-14(12-21)7-8-15(20)13(2)24-3/h7-8,11-13H,6,9-10H2,1-5H3. The molecule has 0 aliphatic carbocycles. The van der Waals surface area contributed by atoms with Gasteiger partial charge in [-0.15, -0.1) is 0 Å². The average Bonchev–Trinajstić information content (AvgIpc) is 3.08. The van der Waals surface area contributed by atoms with Gasteiger partial charge in [-0.05, 0) is 26.0 Å². The maximum atomic E-state index is 12.0. The third kappa shape index (κ3) is 5.19. The molecule has 0 saturated carbocycles. The van der Waals surface area contributed by atoms with E-state index < -0.39 is 11.9 Å². The van der Waals surface area contributed by atoms with Crippen LogP contribution in [0.3, 0.4) is 0 Å². The normalized spacial score (nSPS) is 12.4. The first-order chi connectivity index (χ1) is 12.4. The Morgan fingerprint density at radius 1 is 1.23 bits per heavy atom. The van der Waals surface area contributed by atoms with E-state index in [0.717, 1.165) is 18.1 Å². The lowest BCUT2D eigenvalue weighted by Crippen LogP contribution is -2.32. The van der Waals surface area contributed by atoms with Gasteiger partial charge in [-0.1, -0.05) is 0 Å². The topological polar surface area (TPSA) is 87.1 Å². The number of nitrogens with zero attached hydrogens (tertiary/aromatic N) is 2. The van der Waals surface area contributed by atoms with E-state index in [1.165, 1.54) is 14.2 Å². The van der Waals surface area contributed by atoms with Crippen LogP contribution in [-0.2, 0) is 30.3 Å². The molecule has 144 valence electrons. The number of aldehydes is 1. The van der Waals surface area contributed by atoms with Gasteiger partial charge in [0.05, 0.1) is 32.1 Å². The molecule has 0 aromatic carbocycles. The van der Waals surface area contributed by atoms with Crippen molar-refractivity contribution in [2.24, 2.45) is 0 Å². The highest BCUT2D eigenvalue weighted by Gasteiger charge is 2.20. The summed E-state index contributed by atoms with van der Waals surface area (Å²) in [5, 5.41) is 0. The summed E-state index contributed by atoms with van der Waals surface area (Å²) in [6, 6.07) is 3.55. The second-order valence-corrected chi connectivity index (χ2v) is 5.45. The minimum atomic E-state index is -0.646. The first kappa shape index (κ1) is 21.4. The van der Waals surface area contributed by atoms with Crippen LogP contribution in [0.15, 0.2) is 23.9 Å². The fraction of sp³-hybridized carbons (Fsp3) is 0.500. The first-order valence-electron chi connectivity index (χ1n) is 8.23. The molecule has 0 bridgehead atoms. The summed E-state index contributed by atoms with van der Waals surface area (Å²) in [5.41, 5.74) is 1.46. The molecule has 1 aromatic rings. The number of hydrogen-bond donors (Lipinski definition) is 0. The zero-order valence-electron chi connectivity index (χ0n) is 15.9. The minimum Gasteiger partial charge on any atom is -0.466 e. The van der Waals surface area contributed by atoms with Crippen molar-refractivity contribution >= 4 is 18.2 Å². The molecule has 1 atom stereocenters. The Morgan fingerprint density at radius 2 is 1.92 bits per heavy atom. The Kier molecular flexibility index (Phi) is 8.57. The first-order valence-corrected chi connectivity index (χ1v) is 8.23. The molecular weight excluding hydrogens is 340 g/mol. The average molecular weight is 366 g/mol. The summed E-state index contributed by atoms with van der Waals surface area (Å²) in [6.07, 6.45) is 1.68. The lowest BCUT2D eigenvalue weighted by atomic mass is 10.3. The molecule has 1 aromatic heterocycles. The van der Waals surface area contributed by atoms with E-state index in [4.69, 9.17) is 9.47 Å². The fourth-order valence-corrected chi connectivity index (χ4v) is 2.56. The van der Waals surface area contributed by atoms with E-state index in [1.807, 2.05) is 24.5 Å². The maximum Gasteiger partial charge on any atom is 0.354 e. The molecule has 26 heavy (non-hydrogen) atoms. The van der Waals surface area contributed by atoms with Crippen molar-refractivity contribution in [1.29, 1.82) is 0 Å². The van der Waals surface area contributed by atoms with Gasteiger partial charge >= 0.3 is 11.9 Å². The van der Waals surface area contributed by atoms with Gasteiger partial charge in [-0.25, -0.2) is 9.59 Å². The Hall–Kier alpha value is -2.61. The monoisotopic (exact) mass is 366 g/mol. The quantitative estimate of drug-likeness (QED) is 0.353. The van der Waals surface area contributed by atoms with Crippen molar-refractivity contribution < 1.29 is 28.6 Å². The third-order valence-electron chi connectivity index (χ3n) is 4.11. The molecule has 1 unspecified atom stereocenters. The Bertz CT molecular complexity index is 665. The molecule has 0 spiro atoms. The number of esters is 2. The summed E-state index contributed by atoms with van der Waals surface area (Å²) in [7, 11) is 4.07. The van der Waals surface area contributed by atoms with Crippen molar-refractivity contribution in [3.8, 4) is 0 Å². The summed E-state index contributed by atoms with van der Waals surface area (Å²) in [6.45, 7) is 5.00. The fourth-order valence-electron chi connectivity index (χ4n) is 2.56. The zero-order chi connectivity index (χ0) is 19.7. The third-order valence-corrected chi connectivity index (χ3v) is 4.11. The number of rotatable bonds is 10. The van der Waals surface area contributed by atoms with E-state index in [2.05, 4.69) is 4.74 Å². The predicted octanol–water partition coefficient (Wildman–Crippen LogP) is 1.56. The highest BCUT2D eigenvalue weighted by molar-refractivity contribution is 5.95. The largest absolute Gasteiger partial charge is 0.466 e. The smallest absolute Gasteiger partial charge is 0.354 e. The summed E-state index contributed by atoms with van der Waals surface area (Å²) in [5.74, 6) is -1.28. The van der Waals surface area contributed by atoms with Gasteiger partial charge in [0.25, 0.3) is 0 Å². The van der Waals surface area contributed by atoms with Gasteiger partial charge in [0.1, 0.15) is 5.70 Å². The highest BCUT2D eigenvalue weighted by atomic mass is 16.5. The molecule has 0 fully saturated rings. The second-order valence-electron chi connectivity index (χ2n) is 5.45. The molecule has 0 amide bonds. The molecular formula is C18H26N2O6. The molecule has 8 nitrogen and oxygen atoms in total. The SMILES string of the molecule is CCN(CCn1c(C=O)ccc1C(C)OC)C(=CC(=O)OC)C(=O)OC. The second kappa shape index (κ2) is 10.4. The van der Waals surface area contributed by atoms with Crippen LogP contribution >= 0.6 is 0 Å². The number of aromatic nitrogens is 1. The van der Waals surface area contributed by atoms with E-state index in [9.17, 15) is 14.4 Å². The molecule has 1 rings (SSSR count). The van der Waals surface area contributed by atoms with E-state index in [-0.39, 0.29) is 11.8 Å². The maximum absolute atomic E-state index is 12.0.